The molecular formula is C22H21ClN2O3. The number of amides is 1. The van der Waals surface area contributed by atoms with Gasteiger partial charge in [-0.3, -0.25) is 4.79 Å². The quantitative estimate of drug-likeness (QED) is 0.714. The Kier molecular flexibility index (Phi) is 5.26. The van der Waals surface area contributed by atoms with Crippen molar-refractivity contribution in [1.29, 1.82) is 0 Å². The van der Waals surface area contributed by atoms with E-state index in [1.165, 1.54) is 0 Å². The van der Waals surface area contributed by atoms with Crippen LogP contribution in [0.5, 0.6) is 11.5 Å². The highest BCUT2D eigenvalue weighted by atomic mass is 35.5. The van der Waals surface area contributed by atoms with E-state index in [1.54, 1.807) is 11.0 Å². The summed E-state index contributed by atoms with van der Waals surface area (Å²) < 4.78 is 7.74. The number of phenolic OH excluding ortho intramolecular Hbond substituents is 1. The van der Waals surface area contributed by atoms with Crippen LogP contribution in [0.4, 0.5) is 0 Å². The molecule has 0 bridgehead atoms. The van der Waals surface area contributed by atoms with Crippen LogP contribution in [-0.4, -0.2) is 33.6 Å². The van der Waals surface area contributed by atoms with Crippen LogP contribution in [0.15, 0.2) is 60.9 Å². The van der Waals surface area contributed by atoms with Gasteiger partial charge in [0.15, 0.2) is 11.5 Å². The summed E-state index contributed by atoms with van der Waals surface area (Å²) in [7, 11) is 0. The second-order valence-electron chi connectivity index (χ2n) is 6.83. The number of fused-ring (bicyclic) bond motifs is 1. The highest BCUT2D eigenvalue weighted by molar-refractivity contribution is 6.30. The standard InChI is InChI=1S/C22H21ClN2O3/c23-19-5-3-4-16(13-19)17-12-18-15-25(10-11-28-22(18)20(26)14-17)21(27)6-9-24-7-1-2-8-24/h1-5,7-8,12-14,26H,6,9-11,15H2. The number of aromatic nitrogens is 1. The van der Waals surface area contributed by atoms with Crippen LogP contribution in [0.25, 0.3) is 11.1 Å². The number of ether oxygens (including phenoxy) is 1. The fourth-order valence-corrected chi connectivity index (χ4v) is 3.64. The van der Waals surface area contributed by atoms with E-state index in [0.717, 1.165) is 16.7 Å². The molecule has 0 radical (unpaired) electrons. The van der Waals surface area contributed by atoms with Gasteiger partial charge in [0.1, 0.15) is 6.61 Å². The van der Waals surface area contributed by atoms with E-state index in [4.69, 9.17) is 16.3 Å². The van der Waals surface area contributed by atoms with Crippen molar-refractivity contribution >= 4 is 17.5 Å². The van der Waals surface area contributed by atoms with Crippen molar-refractivity contribution in [2.45, 2.75) is 19.5 Å². The Balaban J connectivity index is 1.56. The van der Waals surface area contributed by atoms with Gasteiger partial charge in [0.25, 0.3) is 0 Å². The molecule has 6 heteroatoms. The van der Waals surface area contributed by atoms with Crippen molar-refractivity contribution in [1.82, 2.24) is 9.47 Å². The zero-order valence-corrected chi connectivity index (χ0v) is 16.1. The minimum atomic E-state index is 0.0674. The molecule has 1 aliphatic heterocycles. The molecule has 2 heterocycles. The summed E-state index contributed by atoms with van der Waals surface area (Å²) in [5.74, 6) is 0.596. The number of hydrogen-bond acceptors (Lipinski definition) is 3. The average molecular weight is 397 g/mol. The minimum Gasteiger partial charge on any atom is -0.504 e. The average Bonchev–Trinajstić information content (AvgIpc) is 3.11. The Labute approximate surface area is 168 Å². The van der Waals surface area contributed by atoms with Crippen molar-refractivity contribution in [2.75, 3.05) is 13.2 Å². The summed E-state index contributed by atoms with van der Waals surface area (Å²) >= 11 is 6.10. The fourth-order valence-electron chi connectivity index (χ4n) is 3.45. The lowest BCUT2D eigenvalue weighted by molar-refractivity contribution is -0.132. The molecule has 1 amide bonds. The molecular weight excluding hydrogens is 376 g/mol. The van der Waals surface area contributed by atoms with Gasteiger partial charge in [0.05, 0.1) is 6.54 Å². The van der Waals surface area contributed by atoms with Gasteiger partial charge in [0, 0.05) is 42.5 Å². The minimum absolute atomic E-state index is 0.0674. The lowest BCUT2D eigenvalue weighted by Crippen LogP contribution is -2.32. The molecule has 0 spiro atoms. The highest BCUT2D eigenvalue weighted by Gasteiger charge is 2.22. The molecule has 0 unspecified atom stereocenters. The Hall–Kier alpha value is -2.92. The second-order valence-corrected chi connectivity index (χ2v) is 7.27. The van der Waals surface area contributed by atoms with E-state index >= 15 is 0 Å². The van der Waals surface area contributed by atoms with Gasteiger partial charge >= 0.3 is 0 Å². The van der Waals surface area contributed by atoms with Crippen LogP contribution in [0.3, 0.4) is 0 Å². The SMILES string of the molecule is O=C(CCn1cccc1)N1CCOc2c(O)cc(-c3cccc(Cl)c3)cc2C1. The third-order valence-electron chi connectivity index (χ3n) is 4.88. The number of benzene rings is 2. The largest absolute Gasteiger partial charge is 0.504 e. The molecule has 1 aliphatic rings. The van der Waals surface area contributed by atoms with Crippen LogP contribution >= 0.6 is 11.6 Å². The van der Waals surface area contributed by atoms with Crippen LogP contribution < -0.4 is 4.74 Å². The predicted octanol–water partition coefficient (Wildman–Crippen LogP) is 4.33. The van der Waals surface area contributed by atoms with Crippen molar-refractivity contribution < 1.29 is 14.6 Å². The maximum absolute atomic E-state index is 12.7. The third-order valence-corrected chi connectivity index (χ3v) is 5.11. The Bertz CT molecular complexity index is 985. The first kappa shape index (κ1) is 18.4. The molecule has 5 nitrogen and oxygen atoms in total. The van der Waals surface area contributed by atoms with Gasteiger partial charge in [-0.25, -0.2) is 0 Å². The summed E-state index contributed by atoms with van der Waals surface area (Å²) in [5.41, 5.74) is 2.53. The summed E-state index contributed by atoms with van der Waals surface area (Å²) in [6, 6.07) is 15.0. The number of aromatic hydroxyl groups is 1. The van der Waals surface area contributed by atoms with E-state index in [9.17, 15) is 9.90 Å². The number of halogens is 1. The molecule has 0 fully saturated rings. The molecule has 0 atom stereocenters. The Morgan fingerprint density at radius 3 is 2.71 bits per heavy atom. The summed E-state index contributed by atoms with van der Waals surface area (Å²) in [4.78, 5) is 14.5. The molecule has 0 saturated carbocycles. The van der Waals surface area contributed by atoms with Crippen molar-refractivity contribution in [3.05, 3.63) is 71.5 Å². The third kappa shape index (κ3) is 3.99. The van der Waals surface area contributed by atoms with Crippen LogP contribution in [0.1, 0.15) is 12.0 Å². The van der Waals surface area contributed by atoms with E-state index in [-0.39, 0.29) is 11.7 Å². The first-order valence-electron chi connectivity index (χ1n) is 9.23. The smallest absolute Gasteiger partial charge is 0.224 e. The van der Waals surface area contributed by atoms with Crippen molar-refractivity contribution in [3.63, 3.8) is 0 Å². The van der Waals surface area contributed by atoms with Gasteiger partial charge in [-0.15, -0.1) is 0 Å². The molecule has 0 aliphatic carbocycles. The fraction of sp³-hybridized carbons (Fsp3) is 0.227. The summed E-state index contributed by atoms with van der Waals surface area (Å²) in [6.45, 7) is 1.89. The molecule has 0 saturated heterocycles. The van der Waals surface area contributed by atoms with Gasteiger partial charge in [0.2, 0.25) is 5.91 Å². The maximum atomic E-state index is 12.7. The number of rotatable bonds is 4. The molecule has 3 aromatic rings. The van der Waals surface area contributed by atoms with Gasteiger partial charge in [-0.1, -0.05) is 23.7 Å². The van der Waals surface area contributed by atoms with Crippen molar-refractivity contribution in [2.24, 2.45) is 0 Å². The first-order valence-corrected chi connectivity index (χ1v) is 9.61. The number of carbonyl (C=O) groups excluding carboxylic acids is 1. The van der Waals surface area contributed by atoms with Crippen molar-refractivity contribution in [3.8, 4) is 22.6 Å². The van der Waals surface area contributed by atoms with Gasteiger partial charge in [-0.05, 0) is 47.5 Å². The lowest BCUT2D eigenvalue weighted by Gasteiger charge is -2.20. The van der Waals surface area contributed by atoms with Gasteiger partial charge < -0.3 is 19.3 Å². The van der Waals surface area contributed by atoms with E-state index in [0.29, 0.717) is 43.4 Å². The molecule has 1 N–H and O–H groups in total. The molecule has 144 valence electrons. The Morgan fingerprint density at radius 2 is 1.93 bits per heavy atom. The zero-order chi connectivity index (χ0) is 19.5. The normalized spacial score (nSPS) is 13.5. The number of hydrogen-bond donors (Lipinski definition) is 1. The molecule has 1 aromatic heterocycles. The monoisotopic (exact) mass is 396 g/mol. The summed E-state index contributed by atoms with van der Waals surface area (Å²) in [6.07, 6.45) is 4.32. The van der Waals surface area contributed by atoms with Gasteiger partial charge in [-0.2, -0.15) is 0 Å². The molecule has 28 heavy (non-hydrogen) atoms. The topological polar surface area (TPSA) is 54.7 Å². The van der Waals surface area contributed by atoms with E-state index in [2.05, 4.69) is 0 Å². The van der Waals surface area contributed by atoms with E-state index < -0.39 is 0 Å². The zero-order valence-electron chi connectivity index (χ0n) is 15.3. The first-order chi connectivity index (χ1) is 13.6. The van der Waals surface area contributed by atoms with Crippen LogP contribution in [0, 0.1) is 0 Å². The van der Waals surface area contributed by atoms with E-state index in [1.807, 2.05) is 59.4 Å². The Morgan fingerprint density at radius 1 is 1.11 bits per heavy atom. The second kappa shape index (κ2) is 7.98. The lowest BCUT2D eigenvalue weighted by atomic mass is 10.0. The molecule has 2 aromatic carbocycles. The predicted molar refractivity (Wildman–Crippen MR) is 109 cm³/mol. The van der Waals surface area contributed by atoms with Crippen LogP contribution in [0.2, 0.25) is 5.02 Å². The summed E-state index contributed by atoms with van der Waals surface area (Å²) in [5, 5.41) is 11.1. The highest BCUT2D eigenvalue weighted by Crippen LogP contribution is 2.38. The number of carbonyl (C=O) groups is 1. The number of phenols is 1. The number of aryl methyl sites for hydroxylation is 1. The number of nitrogens with zero attached hydrogens (tertiary/aromatic N) is 2. The van der Waals surface area contributed by atoms with Crippen LogP contribution in [-0.2, 0) is 17.9 Å². The maximum Gasteiger partial charge on any atom is 0.224 e. The molecule has 4 rings (SSSR count).